The molecule has 0 aromatic heterocycles. The smallest absolute Gasteiger partial charge is 0.289 e. The number of benzene rings is 3. The summed E-state index contributed by atoms with van der Waals surface area (Å²) in [6.45, 7) is 10.3. The number of anilines is 1. The monoisotopic (exact) mass is 596 g/mol. The number of carbonyl (C=O) groups excluding carboxylic acids is 1. The van der Waals surface area contributed by atoms with Crippen LogP contribution < -0.4 is 15.4 Å². The Balaban J connectivity index is 1.68. The van der Waals surface area contributed by atoms with Crippen LogP contribution in [0, 0.1) is 47.6 Å². The Morgan fingerprint density at radius 2 is 1.79 bits per heavy atom. The maximum absolute atomic E-state index is 14.0. The largest absolute Gasteiger partial charge is 0.489 e. The van der Waals surface area contributed by atoms with E-state index in [2.05, 4.69) is 12.1 Å². The minimum atomic E-state index is -0.694. The zero-order chi connectivity index (χ0) is 31.2. The van der Waals surface area contributed by atoms with Crippen molar-refractivity contribution in [3.8, 4) is 11.8 Å². The first-order chi connectivity index (χ1) is 20.3. The number of halogens is 1. The number of rotatable bonds is 6. The molecular formula is C34H33ClN4O4. The normalized spacial score (nSPS) is 17.9. The molecule has 0 spiro atoms. The second-order valence-corrected chi connectivity index (χ2v) is 12.5. The van der Waals surface area contributed by atoms with Crippen molar-refractivity contribution in [2.24, 2.45) is 11.1 Å². The van der Waals surface area contributed by atoms with Gasteiger partial charge in [-0.2, -0.15) is 5.26 Å². The van der Waals surface area contributed by atoms with E-state index in [4.69, 9.17) is 22.1 Å². The van der Waals surface area contributed by atoms with Crippen molar-refractivity contribution in [2.45, 2.75) is 60.0 Å². The number of aryl methyl sites for hydroxylation is 2. The van der Waals surface area contributed by atoms with E-state index in [-0.39, 0.29) is 27.9 Å². The summed E-state index contributed by atoms with van der Waals surface area (Å²) < 4.78 is 6.11. The quantitative estimate of drug-likeness (QED) is 0.228. The highest BCUT2D eigenvalue weighted by Gasteiger charge is 2.45. The van der Waals surface area contributed by atoms with Crippen molar-refractivity contribution < 1.29 is 14.5 Å². The Morgan fingerprint density at radius 3 is 2.44 bits per heavy atom. The van der Waals surface area contributed by atoms with E-state index in [0.717, 1.165) is 33.6 Å². The Bertz CT molecular complexity index is 1770. The topological polar surface area (TPSA) is 122 Å². The van der Waals surface area contributed by atoms with E-state index in [1.165, 1.54) is 12.1 Å². The SMILES string of the molecule is Cc1ccc(OCc2cc(C)cc(C3C(C#N)=C(N)N(c4ccc(Cl)c([N+](=O)[O-])c4)C4=C3C(=O)CC(C)(C)C4)c2C)cc1. The number of nitriles is 1. The maximum Gasteiger partial charge on any atom is 0.289 e. The number of hydrogen-bond donors (Lipinski definition) is 1. The van der Waals surface area contributed by atoms with Gasteiger partial charge in [0.2, 0.25) is 0 Å². The first kappa shape index (κ1) is 29.9. The highest BCUT2D eigenvalue weighted by molar-refractivity contribution is 6.32. The molecule has 1 aliphatic heterocycles. The van der Waals surface area contributed by atoms with E-state index in [1.54, 1.807) is 11.0 Å². The van der Waals surface area contributed by atoms with Crippen molar-refractivity contribution in [1.29, 1.82) is 5.26 Å². The van der Waals surface area contributed by atoms with Gasteiger partial charge >= 0.3 is 0 Å². The number of allylic oxidation sites excluding steroid dienone is 3. The van der Waals surface area contributed by atoms with Crippen molar-refractivity contribution in [3.63, 3.8) is 0 Å². The molecule has 1 unspecified atom stereocenters. The standard InChI is InChI=1S/C34H33ClN4O4/c1-19-6-9-24(10-7-19)43-18-22-12-20(2)13-25(21(22)3)31-26(17-36)33(37)38(23-8-11-27(35)28(14-23)39(41)42)29-15-34(4,5)16-30(40)32(29)31/h6-14,31H,15-16,18,37H2,1-5H3. The summed E-state index contributed by atoms with van der Waals surface area (Å²) in [5.41, 5.74) is 12.6. The summed E-state index contributed by atoms with van der Waals surface area (Å²) in [4.78, 5) is 26.8. The van der Waals surface area contributed by atoms with Gasteiger partial charge in [-0.25, -0.2) is 0 Å². The van der Waals surface area contributed by atoms with Gasteiger partial charge in [-0.1, -0.05) is 60.8 Å². The first-order valence-corrected chi connectivity index (χ1v) is 14.4. The number of ether oxygens (including phenoxy) is 1. The number of Topliss-reactive ketones (excluding diaryl/α,β-unsaturated/α-hetero) is 1. The molecule has 220 valence electrons. The van der Waals surface area contributed by atoms with Gasteiger partial charge in [0.25, 0.3) is 5.69 Å². The van der Waals surface area contributed by atoms with E-state index in [0.29, 0.717) is 36.4 Å². The zero-order valence-corrected chi connectivity index (χ0v) is 25.6. The molecule has 0 fully saturated rings. The van der Waals surface area contributed by atoms with E-state index in [1.807, 2.05) is 65.0 Å². The van der Waals surface area contributed by atoms with Crippen LogP contribution in [0.25, 0.3) is 0 Å². The van der Waals surface area contributed by atoms with Crippen LogP contribution in [-0.4, -0.2) is 10.7 Å². The molecule has 8 nitrogen and oxygen atoms in total. The fourth-order valence-corrected chi connectivity index (χ4v) is 6.29. The number of hydrogen-bond acceptors (Lipinski definition) is 7. The summed E-state index contributed by atoms with van der Waals surface area (Å²) >= 11 is 6.12. The number of nitro benzene ring substituents is 1. The molecule has 1 heterocycles. The Morgan fingerprint density at radius 1 is 1.09 bits per heavy atom. The summed E-state index contributed by atoms with van der Waals surface area (Å²) in [5.74, 6) is 0.102. The van der Waals surface area contributed by atoms with Gasteiger partial charge in [-0.3, -0.25) is 19.8 Å². The summed E-state index contributed by atoms with van der Waals surface area (Å²) in [6, 6.07) is 18.6. The number of carbonyl (C=O) groups is 1. The van der Waals surface area contributed by atoms with Gasteiger partial charge in [0.15, 0.2) is 5.78 Å². The molecule has 43 heavy (non-hydrogen) atoms. The molecule has 9 heteroatoms. The molecule has 3 aromatic carbocycles. The Labute approximate surface area is 256 Å². The fraction of sp³-hybridized carbons (Fsp3) is 0.294. The van der Waals surface area contributed by atoms with Gasteiger partial charge in [0.1, 0.15) is 23.2 Å². The van der Waals surface area contributed by atoms with Crippen molar-refractivity contribution in [1.82, 2.24) is 0 Å². The molecule has 0 radical (unpaired) electrons. The molecule has 2 aliphatic rings. The molecular weight excluding hydrogens is 564 g/mol. The molecule has 0 amide bonds. The van der Waals surface area contributed by atoms with Crippen LogP contribution >= 0.6 is 11.6 Å². The Kier molecular flexibility index (Phi) is 7.80. The van der Waals surface area contributed by atoms with Crippen LogP contribution in [0.15, 0.2) is 77.3 Å². The minimum Gasteiger partial charge on any atom is -0.489 e. The third kappa shape index (κ3) is 5.61. The van der Waals surface area contributed by atoms with Crippen LogP contribution in [0.1, 0.15) is 60.4 Å². The van der Waals surface area contributed by atoms with Gasteiger partial charge in [-0.15, -0.1) is 0 Å². The van der Waals surface area contributed by atoms with E-state index in [9.17, 15) is 20.2 Å². The van der Waals surface area contributed by atoms with Crippen molar-refractivity contribution >= 4 is 28.8 Å². The van der Waals surface area contributed by atoms with Crippen LogP contribution in [0.4, 0.5) is 11.4 Å². The first-order valence-electron chi connectivity index (χ1n) is 14.0. The third-order valence-electron chi connectivity index (χ3n) is 8.19. The lowest BCUT2D eigenvalue weighted by Crippen LogP contribution is -2.42. The summed E-state index contributed by atoms with van der Waals surface area (Å²) in [7, 11) is 0. The van der Waals surface area contributed by atoms with Crippen molar-refractivity contribution in [2.75, 3.05) is 4.90 Å². The molecule has 0 saturated carbocycles. The summed E-state index contributed by atoms with van der Waals surface area (Å²) in [5, 5.41) is 22.2. The third-order valence-corrected chi connectivity index (χ3v) is 8.51. The van der Waals surface area contributed by atoms with Crippen LogP contribution in [0.2, 0.25) is 5.02 Å². The predicted molar refractivity (Wildman–Crippen MR) is 167 cm³/mol. The highest BCUT2D eigenvalue weighted by atomic mass is 35.5. The van der Waals surface area contributed by atoms with E-state index < -0.39 is 16.3 Å². The number of nitrogens with two attached hydrogens (primary N) is 1. The Hall–Kier alpha value is -4.61. The van der Waals surface area contributed by atoms with Crippen LogP contribution in [-0.2, 0) is 11.4 Å². The van der Waals surface area contributed by atoms with Crippen LogP contribution in [0.5, 0.6) is 5.75 Å². The average molecular weight is 597 g/mol. The maximum atomic E-state index is 14.0. The molecule has 2 N–H and O–H groups in total. The molecule has 1 aliphatic carbocycles. The van der Waals surface area contributed by atoms with Gasteiger partial charge in [0.05, 0.1) is 28.2 Å². The lowest BCUT2D eigenvalue weighted by Gasteiger charge is -2.44. The second-order valence-electron chi connectivity index (χ2n) is 12.1. The predicted octanol–water partition coefficient (Wildman–Crippen LogP) is 7.69. The van der Waals surface area contributed by atoms with Gasteiger partial charge in [0, 0.05) is 23.8 Å². The number of ketones is 1. The molecule has 5 rings (SSSR count). The fourth-order valence-electron chi connectivity index (χ4n) is 6.10. The summed E-state index contributed by atoms with van der Waals surface area (Å²) in [6.07, 6.45) is 0.776. The average Bonchev–Trinajstić information content (AvgIpc) is 2.93. The van der Waals surface area contributed by atoms with Gasteiger partial charge < -0.3 is 10.5 Å². The van der Waals surface area contributed by atoms with Gasteiger partial charge in [-0.05, 0) is 73.6 Å². The zero-order valence-electron chi connectivity index (χ0n) is 24.8. The minimum absolute atomic E-state index is 0.0169. The lowest BCUT2D eigenvalue weighted by atomic mass is 9.68. The molecule has 3 aromatic rings. The number of nitro groups is 1. The number of nitrogens with zero attached hydrogens (tertiary/aromatic N) is 3. The molecule has 1 atom stereocenters. The lowest BCUT2D eigenvalue weighted by molar-refractivity contribution is -0.384. The van der Waals surface area contributed by atoms with Crippen molar-refractivity contribution in [3.05, 3.63) is 120 Å². The second kappa shape index (κ2) is 11.2. The van der Waals surface area contributed by atoms with Crippen LogP contribution in [0.3, 0.4) is 0 Å². The van der Waals surface area contributed by atoms with E-state index >= 15 is 0 Å². The molecule has 0 bridgehead atoms. The highest BCUT2D eigenvalue weighted by Crippen LogP contribution is 2.51. The molecule has 0 saturated heterocycles.